The number of benzene rings is 2. The summed E-state index contributed by atoms with van der Waals surface area (Å²) in [5.74, 6) is -0.522. The quantitative estimate of drug-likeness (QED) is 0.608. The summed E-state index contributed by atoms with van der Waals surface area (Å²) in [6.07, 6.45) is 0.614. The van der Waals surface area contributed by atoms with Gasteiger partial charge in [-0.1, -0.05) is 17.7 Å². The van der Waals surface area contributed by atoms with Gasteiger partial charge in [0.05, 0.1) is 12.8 Å². The van der Waals surface area contributed by atoms with Crippen molar-refractivity contribution in [3.63, 3.8) is 0 Å². The van der Waals surface area contributed by atoms with Gasteiger partial charge in [0, 0.05) is 29.1 Å². The van der Waals surface area contributed by atoms with Crippen molar-refractivity contribution in [1.82, 2.24) is 10.3 Å². The molecule has 0 atom stereocenters. The predicted octanol–water partition coefficient (Wildman–Crippen LogP) is 3.73. The Kier molecular flexibility index (Phi) is 6.61. The molecule has 0 fully saturated rings. The minimum Gasteiger partial charge on any atom is -0.497 e. The molecule has 0 unspecified atom stereocenters. The summed E-state index contributed by atoms with van der Waals surface area (Å²) in [6, 6.07) is 15.0. The molecular formula is C22H23N3O3S. The molecule has 1 heterocycles. The number of methoxy groups -OCH3 is 1. The van der Waals surface area contributed by atoms with Crippen molar-refractivity contribution in [3.8, 4) is 16.3 Å². The van der Waals surface area contributed by atoms with Crippen LogP contribution in [0.5, 0.6) is 5.75 Å². The van der Waals surface area contributed by atoms with Gasteiger partial charge in [0.25, 0.3) is 0 Å². The lowest BCUT2D eigenvalue weighted by Gasteiger charge is -2.06. The molecule has 1 aromatic heterocycles. The van der Waals surface area contributed by atoms with Crippen molar-refractivity contribution in [2.75, 3.05) is 19.0 Å². The third-order valence-corrected chi connectivity index (χ3v) is 5.65. The minimum atomic E-state index is -0.672. The average molecular weight is 410 g/mol. The molecule has 6 nitrogen and oxygen atoms in total. The molecule has 7 heteroatoms. The molecule has 2 N–H and O–H groups in total. The van der Waals surface area contributed by atoms with E-state index in [4.69, 9.17) is 4.74 Å². The molecule has 3 rings (SSSR count). The van der Waals surface area contributed by atoms with Gasteiger partial charge >= 0.3 is 11.8 Å². The maximum Gasteiger partial charge on any atom is 0.313 e. The Morgan fingerprint density at radius 1 is 1.00 bits per heavy atom. The van der Waals surface area contributed by atoms with Crippen molar-refractivity contribution in [2.45, 2.75) is 20.3 Å². The highest BCUT2D eigenvalue weighted by Crippen LogP contribution is 2.29. The average Bonchev–Trinajstić information content (AvgIpc) is 3.10. The van der Waals surface area contributed by atoms with Gasteiger partial charge in [-0.15, -0.1) is 11.3 Å². The van der Waals surface area contributed by atoms with Crippen LogP contribution in [-0.2, 0) is 16.0 Å². The number of hydrogen-bond acceptors (Lipinski definition) is 5. The van der Waals surface area contributed by atoms with E-state index in [0.29, 0.717) is 18.7 Å². The predicted molar refractivity (Wildman–Crippen MR) is 115 cm³/mol. The molecule has 0 saturated carbocycles. The minimum absolute atomic E-state index is 0.366. The second-order valence-electron chi connectivity index (χ2n) is 6.58. The topological polar surface area (TPSA) is 80.3 Å². The molecule has 0 bridgehead atoms. The SMILES string of the molecule is COc1ccc(-c2nc(C)c(CCNC(=O)C(=O)Nc3ccc(C)cc3)s2)cc1. The number of ether oxygens (including phenoxy) is 1. The summed E-state index contributed by atoms with van der Waals surface area (Å²) >= 11 is 1.59. The molecule has 0 spiro atoms. The number of nitrogens with zero attached hydrogens (tertiary/aromatic N) is 1. The van der Waals surface area contributed by atoms with Crippen LogP contribution in [0.25, 0.3) is 10.6 Å². The standard InChI is InChI=1S/C22H23N3O3S/c1-14-4-8-17(9-5-14)25-21(27)20(26)23-13-12-19-15(2)24-22(29-19)16-6-10-18(28-3)11-7-16/h4-11H,12-13H2,1-3H3,(H,23,26)(H,25,27). The molecule has 150 valence electrons. The Balaban J connectivity index is 1.53. The molecule has 0 aliphatic rings. The monoisotopic (exact) mass is 409 g/mol. The Morgan fingerprint density at radius 3 is 2.34 bits per heavy atom. The second-order valence-corrected chi connectivity index (χ2v) is 7.67. The van der Waals surface area contributed by atoms with Crippen LogP contribution in [-0.4, -0.2) is 30.5 Å². The zero-order valence-corrected chi connectivity index (χ0v) is 17.4. The van der Waals surface area contributed by atoms with Gasteiger partial charge in [-0.25, -0.2) is 4.98 Å². The number of amides is 2. The number of carbonyl (C=O) groups is 2. The van der Waals surface area contributed by atoms with E-state index in [1.54, 1.807) is 30.6 Å². The van der Waals surface area contributed by atoms with E-state index >= 15 is 0 Å². The van der Waals surface area contributed by atoms with Crippen molar-refractivity contribution >= 4 is 28.8 Å². The van der Waals surface area contributed by atoms with E-state index < -0.39 is 11.8 Å². The molecule has 0 saturated heterocycles. The van der Waals surface area contributed by atoms with Crippen LogP contribution >= 0.6 is 11.3 Å². The lowest BCUT2D eigenvalue weighted by atomic mass is 10.2. The van der Waals surface area contributed by atoms with Crippen LogP contribution in [0.2, 0.25) is 0 Å². The number of nitrogens with one attached hydrogen (secondary N) is 2. The molecule has 29 heavy (non-hydrogen) atoms. The number of thiazole rings is 1. The van der Waals surface area contributed by atoms with Crippen molar-refractivity contribution in [1.29, 1.82) is 0 Å². The number of aromatic nitrogens is 1. The molecule has 2 amide bonds. The van der Waals surface area contributed by atoms with Gasteiger partial charge in [0.2, 0.25) is 0 Å². The molecule has 3 aromatic rings. The maximum atomic E-state index is 12.0. The van der Waals surface area contributed by atoms with Gasteiger partial charge in [-0.3, -0.25) is 9.59 Å². The third kappa shape index (κ3) is 5.42. The Morgan fingerprint density at radius 2 is 1.69 bits per heavy atom. The fourth-order valence-electron chi connectivity index (χ4n) is 2.71. The summed E-state index contributed by atoms with van der Waals surface area (Å²) in [5, 5.41) is 6.18. The van der Waals surface area contributed by atoms with Crippen LogP contribution in [0, 0.1) is 13.8 Å². The highest BCUT2D eigenvalue weighted by Gasteiger charge is 2.14. The van der Waals surface area contributed by atoms with Gasteiger partial charge in [-0.05, 0) is 50.2 Å². The fraction of sp³-hybridized carbons (Fsp3) is 0.227. The zero-order valence-electron chi connectivity index (χ0n) is 16.6. The zero-order chi connectivity index (χ0) is 20.8. The van der Waals surface area contributed by atoms with Crippen LogP contribution in [0.4, 0.5) is 5.69 Å². The third-order valence-electron chi connectivity index (χ3n) is 4.38. The summed E-state index contributed by atoms with van der Waals surface area (Å²) < 4.78 is 5.18. The largest absolute Gasteiger partial charge is 0.497 e. The number of rotatable bonds is 6. The first-order valence-corrected chi connectivity index (χ1v) is 10.0. The first-order chi connectivity index (χ1) is 14.0. The van der Waals surface area contributed by atoms with Gasteiger partial charge < -0.3 is 15.4 Å². The molecule has 0 radical (unpaired) electrons. The Labute approximate surface area is 173 Å². The number of hydrogen-bond donors (Lipinski definition) is 2. The smallest absolute Gasteiger partial charge is 0.313 e. The first-order valence-electron chi connectivity index (χ1n) is 9.23. The van der Waals surface area contributed by atoms with Crippen molar-refractivity contribution < 1.29 is 14.3 Å². The van der Waals surface area contributed by atoms with E-state index in [-0.39, 0.29) is 0 Å². The summed E-state index contributed by atoms with van der Waals surface area (Å²) in [6.45, 7) is 4.27. The lowest BCUT2D eigenvalue weighted by molar-refractivity contribution is -0.136. The van der Waals surface area contributed by atoms with E-state index in [2.05, 4.69) is 15.6 Å². The number of carbonyl (C=O) groups excluding carboxylic acids is 2. The first kappa shape index (κ1) is 20.5. The normalized spacial score (nSPS) is 10.4. The van der Waals surface area contributed by atoms with Crippen LogP contribution in [0.1, 0.15) is 16.1 Å². The Hall–Kier alpha value is -3.19. The van der Waals surface area contributed by atoms with E-state index in [1.165, 1.54) is 0 Å². The Bertz CT molecular complexity index is 995. The van der Waals surface area contributed by atoms with Gasteiger partial charge in [0.1, 0.15) is 10.8 Å². The van der Waals surface area contributed by atoms with Gasteiger partial charge in [0.15, 0.2) is 0 Å². The number of aryl methyl sites for hydroxylation is 2. The molecule has 0 aliphatic heterocycles. The molecular weight excluding hydrogens is 386 g/mol. The molecule has 2 aromatic carbocycles. The highest BCUT2D eigenvalue weighted by molar-refractivity contribution is 7.15. The summed E-state index contributed by atoms with van der Waals surface area (Å²) in [4.78, 5) is 29.7. The van der Waals surface area contributed by atoms with Crippen LogP contribution in [0.3, 0.4) is 0 Å². The highest BCUT2D eigenvalue weighted by atomic mass is 32.1. The second kappa shape index (κ2) is 9.34. The summed E-state index contributed by atoms with van der Waals surface area (Å²) in [7, 11) is 1.63. The van der Waals surface area contributed by atoms with Gasteiger partial charge in [-0.2, -0.15) is 0 Å². The molecule has 0 aliphatic carbocycles. The van der Waals surface area contributed by atoms with Crippen LogP contribution in [0.15, 0.2) is 48.5 Å². The maximum absolute atomic E-state index is 12.0. The van der Waals surface area contributed by atoms with Crippen molar-refractivity contribution in [2.24, 2.45) is 0 Å². The lowest BCUT2D eigenvalue weighted by Crippen LogP contribution is -2.36. The summed E-state index contributed by atoms with van der Waals surface area (Å²) in [5.41, 5.74) is 3.63. The number of anilines is 1. The fourth-order valence-corrected chi connectivity index (χ4v) is 3.78. The van der Waals surface area contributed by atoms with E-state index in [9.17, 15) is 9.59 Å². The van der Waals surface area contributed by atoms with Crippen LogP contribution < -0.4 is 15.4 Å². The van der Waals surface area contributed by atoms with Crippen molar-refractivity contribution in [3.05, 3.63) is 64.7 Å². The van der Waals surface area contributed by atoms with E-state index in [0.717, 1.165) is 32.5 Å². The van der Waals surface area contributed by atoms with E-state index in [1.807, 2.05) is 50.2 Å².